The summed E-state index contributed by atoms with van der Waals surface area (Å²) in [5.41, 5.74) is 0. The zero-order chi connectivity index (χ0) is 58.9. The maximum absolute atomic E-state index is 13.4. The third-order valence-electron chi connectivity index (χ3n) is 15.9. The fourth-order valence-corrected chi connectivity index (χ4v) is 10.5. The van der Waals surface area contributed by atoms with Crippen LogP contribution in [-0.2, 0) is 23.8 Å². The van der Waals surface area contributed by atoms with E-state index in [0.29, 0.717) is 12.8 Å². The van der Waals surface area contributed by atoms with Gasteiger partial charge in [-0.25, -0.2) is 0 Å². The van der Waals surface area contributed by atoms with Gasteiger partial charge in [0.25, 0.3) is 0 Å². The number of aliphatic hydroxyl groups is 5. The van der Waals surface area contributed by atoms with Crippen molar-refractivity contribution in [2.45, 2.75) is 359 Å². The Labute approximate surface area is 497 Å². The van der Waals surface area contributed by atoms with Crippen molar-refractivity contribution < 1.29 is 49.3 Å². The molecular weight excluding hydrogens is 1010 g/mol. The Kier molecular flexibility index (Phi) is 54.5. The first-order valence-electron chi connectivity index (χ1n) is 34.1. The molecule has 0 aliphatic carbocycles. The summed E-state index contributed by atoms with van der Waals surface area (Å²) in [7, 11) is 0. The summed E-state index contributed by atoms with van der Waals surface area (Å²) in [6.45, 7) is 5.75. The first kappa shape index (κ1) is 76.4. The second-order valence-corrected chi connectivity index (χ2v) is 23.6. The lowest BCUT2D eigenvalue weighted by molar-refractivity contribution is -0.305. The van der Waals surface area contributed by atoms with Crippen molar-refractivity contribution in [3.8, 4) is 0 Å². The zero-order valence-electron chi connectivity index (χ0n) is 52.4. The minimum atomic E-state index is -1.62. The summed E-state index contributed by atoms with van der Waals surface area (Å²) in [5.74, 6) is -1.20. The molecule has 0 aromatic heterocycles. The van der Waals surface area contributed by atoms with Crippen LogP contribution < -0.4 is 5.32 Å². The molecule has 1 rings (SSSR count). The summed E-state index contributed by atoms with van der Waals surface area (Å²) in [5, 5.41) is 57.1. The van der Waals surface area contributed by atoms with Gasteiger partial charge in [-0.1, -0.05) is 281 Å². The summed E-state index contributed by atoms with van der Waals surface area (Å²) in [6, 6.07) is -1.03. The number of ether oxygens (including phenoxy) is 3. The number of hydrogen-bond acceptors (Lipinski definition) is 10. The molecule has 472 valence electrons. The highest BCUT2D eigenvalue weighted by molar-refractivity contribution is 5.80. The van der Waals surface area contributed by atoms with Crippen molar-refractivity contribution in [1.29, 1.82) is 0 Å². The number of carbonyl (C=O) groups is 2. The topological polar surface area (TPSA) is 175 Å². The Bertz CT molecular complexity index is 1550. The number of carbonyl (C=O) groups excluding carboxylic acids is 2. The third kappa shape index (κ3) is 45.4. The van der Waals surface area contributed by atoms with Crippen LogP contribution in [0.15, 0.2) is 60.8 Å². The Morgan fingerprint density at radius 3 is 1.36 bits per heavy atom. The first-order valence-corrected chi connectivity index (χ1v) is 34.1. The lowest BCUT2D eigenvalue weighted by atomic mass is 9.99. The second-order valence-electron chi connectivity index (χ2n) is 23.6. The van der Waals surface area contributed by atoms with Gasteiger partial charge in [-0.2, -0.15) is 0 Å². The minimum Gasteiger partial charge on any atom is -0.454 e. The zero-order valence-corrected chi connectivity index (χ0v) is 52.4. The average molecular weight is 1140 g/mol. The second kappa shape index (κ2) is 57.8. The normalized spacial score (nSPS) is 19.0. The molecule has 81 heavy (non-hydrogen) atoms. The van der Waals surface area contributed by atoms with E-state index in [1.165, 1.54) is 180 Å². The number of rotatable bonds is 58. The molecule has 1 aliphatic heterocycles. The number of hydrogen-bond donors (Lipinski definition) is 6. The van der Waals surface area contributed by atoms with Crippen LogP contribution in [0, 0.1) is 0 Å². The van der Waals surface area contributed by atoms with Crippen molar-refractivity contribution >= 4 is 11.9 Å². The van der Waals surface area contributed by atoms with Crippen LogP contribution in [0.5, 0.6) is 0 Å². The van der Waals surface area contributed by atoms with E-state index in [4.69, 9.17) is 14.2 Å². The van der Waals surface area contributed by atoms with Crippen LogP contribution in [0.4, 0.5) is 0 Å². The molecule has 8 atom stereocenters. The maximum atomic E-state index is 13.4. The molecule has 1 aliphatic rings. The highest BCUT2D eigenvalue weighted by Crippen LogP contribution is 2.26. The number of aliphatic hydroxyl groups excluding tert-OH is 5. The number of esters is 1. The number of nitrogens with one attached hydrogen (secondary N) is 1. The maximum Gasteiger partial charge on any atom is 0.306 e. The molecule has 1 amide bonds. The smallest absolute Gasteiger partial charge is 0.306 e. The predicted molar refractivity (Wildman–Crippen MR) is 338 cm³/mol. The predicted octanol–water partition coefficient (Wildman–Crippen LogP) is 17.0. The van der Waals surface area contributed by atoms with Gasteiger partial charge in [-0.05, 0) is 83.5 Å². The van der Waals surface area contributed by atoms with E-state index < -0.39 is 67.4 Å². The molecule has 0 aromatic carbocycles. The van der Waals surface area contributed by atoms with Gasteiger partial charge in [0, 0.05) is 6.42 Å². The molecule has 8 unspecified atom stereocenters. The van der Waals surface area contributed by atoms with E-state index in [-0.39, 0.29) is 19.4 Å². The van der Waals surface area contributed by atoms with Crippen LogP contribution in [0.3, 0.4) is 0 Å². The monoisotopic (exact) mass is 1140 g/mol. The molecule has 11 nitrogen and oxygen atoms in total. The summed E-state index contributed by atoms with van der Waals surface area (Å²) < 4.78 is 17.7. The van der Waals surface area contributed by atoms with Gasteiger partial charge in [0.05, 0.1) is 25.4 Å². The molecule has 0 radical (unpaired) electrons. The minimum absolute atomic E-state index is 0.122. The fraction of sp³-hybridized carbons (Fsp3) is 0.829. The van der Waals surface area contributed by atoms with E-state index in [0.717, 1.165) is 83.5 Å². The first-order chi connectivity index (χ1) is 39.7. The Morgan fingerprint density at radius 2 is 0.889 bits per heavy atom. The van der Waals surface area contributed by atoms with Crippen LogP contribution in [0.25, 0.3) is 0 Å². The van der Waals surface area contributed by atoms with Crippen molar-refractivity contribution in [3.05, 3.63) is 60.8 Å². The molecule has 0 spiro atoms. The quantitative estimate of drug-likeness (QED) is 0.0149. The lowest BCUT2D eigenvalue weighted by Crippen LogP contribution is -2.61. The van der Waals surface area contributed by atoms with Gasteiger partial charge in [0.1, 0.15) is 24.4 Å². The van der Waals surface area contributed by atoms with Gasteiger partial charge in [-0.15, -0.1) is 0 Å². The lowest BCUT2D eigenvalue weighted by Gasteiger charge is -2.41. The fourth-order valence-electron chi connectivity index (χ4n) is 10.5. The van der Waals surface area contributed by atoms with E-state index >= 15 is 0 Å². The van der Waals surface area contributed by atoms with Crippen molar-refractivity contribution in [2.24, 2.45) is 0 Å². The molecule has 1 saturated heterocycles. The molecule has 11 heteroatoms. The van der Waals surface area contributed by atoms with Gasteiger partial charge in [-0.3, -0.25) is 9.59 Å². The standard InChI is InChI=1S/C70H127NO10/c1-4-7-10-13-16-19-22-25-27-28-29-30-31-32-33-34-35-36-37-40-43-46-49-52-55-58-65(75)81-68-67(77)66(76)64(59-72)80-70(68)79-60-61(62(73)56-53-50-47-44-41-38-24-21-18-15-12-9-6-3)71-69(78)63(74)57-54-51-48-45-42-39-26-23-20-17-14-11-8-5-2/h16-17,19-20,23,25-27,53,56,61-64,66-68,70,72-74,76-77H,4-15,18,21-22,24,28-52,54-55,57-60H2,1-3H3,(H,71,78)/b19-16-,20-17+,26-23+,27-25-,56-53+. The van der Waals surface area contributed by atoms with Gasteiger partial charge in [0.2, 0.25) is 5.91 Å². The van der Waals surface area contributed by atoms with E-state index in [9.17, 15) is 35.1 Å². The number of amides is 1. The molecular formula is C70H127NO10. The summed E-state index contributed by atoms with van der Waals surface area (Å²) >= 11 is 0. The molecule has 1 heterocycles. The largest absolute Gasteiger partial charge is 0.454 e. The van der Waals surface area contributed by atoms with Gasteiger partial charge < -0.3 is 45.1 Å². The number of allylic oxidation sites excluding steroid dienone is 9. The SMILES string of the molecule is CCCCC/C=C\C/C=C\CCCCCCCCCCCCCCCCCC(=O)OC1C(OCC(NC(=O)C(O)CCCCCCC/C=C/C=C/CCCCC)C(O)/C=C/CCCCCCCCCCCCC)OC(CO)C(O)C1O. The van der Waals surface area contributed by atoms with Crippen molar-refractivity contribution in [3.63, 3.8) is 0 Å². The van der Waals surface area contributed by atoms with Crippen molar-refractivity contribution in [1.82, 2.24) is 5.32 Å². The van der Waals surface area contributed by atoms with Crippen LogP contribution in [0.1, 0.15) is 310 Å². The Morgan fingerprint density at radius 1 is 0.494 bits per heavy atom. The van der Waals surface area contributed by atoms with E-state index in [1.54, 1.807) is 6.08 Å². The molecule has 6 N–H and O–H groups in total. The molecule has 0 saturated carbocycles. The summed E-state index contributed by atoms with van der Waals surface area (Å²) in [4.78, 5) is 26.6. The van der Waals surface area contributed by atoms with Crippen LogP contribution in [-0.4, -0.2) is 99.6 Å². The van der Waals surface area contributed by atoms with E-state index in [2.05, 4.69) is 74.7 Å². The third-order valence-corrected chi connectivity index (χ3v) is 15.9. The number of unbranched alkanes of at least 4 members (excludes halogenated alkanes) is 37. The van der Waals surface area contributed by atoms with Gasteiger partial charge in [0.15, 0.2) is 12.4 Å². The van der Waals surface area contributed by atoms with E-state index in [1.807, 2.05) is 6.08 Å². The highest BCUT2D eigenvalue weighted by atomic mass is 16.7. The summed E-state index contributed by atoms with van der Waals surface area (Å²) in [6.07, 6.45) is 62.6. The average Bonchev–Trinajstić information content (AvgIpc) is 3.47. The Balaban J connectivity index is 2.58. The van der Waals surface area contributed by atoms with Crippen molar-refractivity contribution in [2.75, 3.05) is 13.2 Å². The molecule has 0 bridgehead atoms. The Hall–Kier alpha value is -2.64. The van der Waals surface area contributed by atoms with Crippen LogP contribution in [0.2, 0.25) is 0 Å². The van der Waals surface area contributed by atoms with Gasteiger partial charge >= 0.3 is 5.97 Å². The highest BCUT2D eigenvalue weighted by Gasteiger charge is 2.47. The molecule has 0 aromatic rings. The molecule has 1 fully saturated rings. The van der Waals surface area contributed by atoms with Crippen LogP contribution >= 0.6 is 0 Å².